The van der Waals surface area contributed by atoms with Crippen LogP contribution in [0.25, 0.3) is 0 Å². The number of rotatable bonds is 10. The minimum atomic E-state index is -2.07. The summed E-state index contributed by atoms with van der Waals surface area (Å²) in [6.45, 7) is -0.505. The van der Waals surface area contributed by atoms with E-state index in [2.05, 4.69) is 4.18 Å². The van der Waals surface area contributed by atoms with Crippen LogP contribution in [0.15, 0.2) is 0 Å². The zero-order chi connectivity index (χ0) is 14.2. The summed E-state index contributed by atoms with van der Waals surface area (Å²) in [5, 5.41) is 25.9. The molecule has 0 radical (unpaired) electrons. The Morgan fingerprint density at radius 1 is 0.944 bits per heavy atom. The Morgan fingerprint density at radius 2 is 1.22 bits per heavy atom. The fraction of sp³-hybridized carbons (Fsp3) is 1.00. The number of hydrogen-bond donors (Lipinski definition) is 4. The predicted octanol–water partition coefficient (Wildman–Crippen LogP) is -2.17. The lowest BCUT2D eigenvalue weighted by atomic mass is 10.8. The first-order chi connectivity index (χ1) is 8.62. The molecule has 0 aliphatic heterocycles. The van der Waals surface area contributed by atoms with Gasteiger partial charge < -0.3 is 15.3 Å². The molecule has 0 saturated heterocycles. The first-order valence-corrected chi connectivity index (χ1v) is 5.82. The van der Waals surface area contributed by atoms with Gasteiger partial charge in [-0.15, -0.1) is 0 Å². The lowest BCUT2D eigenvalue weighted by Gasteiger charge is -2.17. The van der Waals surface area contributed by atoms with Gasteiger partial charge in [0.15, 0.2) is 0 Å². The maximum atomic E-state index is 9.26. The van der Waals surface area contributed by atoms with E-state index in [1.165, 1.54) is 0 Å². The average Bonchev–Trinajstić information content (AvgIpc) is 2.38. The summed E-state index contributed by atoms with van der Waals surface area (Å²) >= 11 is -2.07. The molecule has 0 aromatic rings. The standard InChI is InChI=1S/C6H15NO6.CH4O3S/c8-1-4-11-7(12-5-2-9)13-6-3-10;1-4-5(2)3/h8-10H,1-6H2;1H3,(H,2,3). The van der Waals surface area contributed by atoms with Gasteiger partial charge in [0.1, 0.15) is 0 Å². The van der Waals surface area contributed by atoms with Gasteiger partial charge in [-0.2, -0.15) is 4.21 Å². The van der Waals surface area contributed by atoms with Crippen LogP contribution in [-0.2, 0) is 30.1 Å². The van der Waals surface area contributed by atoms with Gasteiger partial charge in [-0.3, -0.25) is 8.74 Å². The summed E-state index contributed by atoms with van der Waals surface area (Å²) in [6, 6.07) is 0. The molecule has 10 nitrogen and oxygen atoms in total. The van der Waals surface area contributed by atoms with Gasteiger partial charge >= 0.3 is 11.4 Å². The lowest BCUT2D eigenvalue weighted by Crippen LogP contribution is -2.28. The van der Waals surface area contributed by atoms with Crippen LogP contribution in [0.2, 0.25) is 0 Å². The average molecular weight is 293 g/mol. The van der Waals surface area contributed by atoms with Crippen LogP contribution in [-0.4, -0.2) is 76.2 Å². The number of nitrogens with zero attached hydrogens (tertiary/aromatic N) is 1. The van der Waals surface area contributed by atoms with Gasteiger partial charge in [-0.25, -0.2) is 14.5 Å². The summed E-state index contributed by atoms with van der Waals surface area (Å²) in [7, 11) is 1.15. The molecule has 112 valence electrons. The summed E-state index contributed by atoms with van der Waals surface area (Å²) in [4.78, 5) is 14.1. The molecule has 0 aliphatic carbocycles. The van der Waals surface area contributed by atoms with Gasteiger partial charge in [-0.1, -0.05) is 0 Å². The lowest BCUT2D eigenvalue weighted by molar-refractivity contribution is -0.527. The molecule has 0 aromatic heterocycles. The van der Waals surface area contributed by atoms with Crippen molar-refractivity contribution in [2.75, 3.05) is 46.8 Å². The van der Waals surface area contributed by atoms with E-state index in [1.54, 1.807) is 0 Å². The van der Waals surface area contributed by atoms with E-state index in [4.69, 9.17) is 34.4 Å². The monoisotopic (exact) mass is 293 g/mol. The fourth-order valence-corrected chi connectivity index (χ4v) is 0.458. The maximum Gasteiger partial charge on any atom is 0.301 e. The Hall–Kier alpha value is -0.210. The molecule has 0 heterocycles. The van der Waals surface area contributed by atoms with Crippen molar-refractivity contribution in [3.8, 4) is 0 Å². The topological polar surface area (TPSA) is 138 Å². The van der Waals surface area contributed by atoms with Crippen LogP contribution in [0.4, 0.5) is 0 Å². The van der Waals surface area contributed by atoms with E-state index < -0.39 is 11.4 Å². The minimum Gasteiger partial charge on any atom is -0.394 e. The van der Waals surface area contributed by atoms with E-state index >= 15 is 0 Å². The van der Waals surface area contributed by atoms with Crippen LogP contribution in [0.3, 0.4) is 0 Å². The summed E-state index contributed by atoms with van der Waals surface area (Å²) in [5.74, 6) is 0. The molecule has 0 amide bonds. The van der Waals surface area contributed by atoms with E-state index in [0.717, 1.165) is 7.11 Å². The molecule has 18 heavy (non-hydrogen) atoms. The molecule has 0 rings (SSSR count). The quantitative estimate of drug-likeness (QED) is 0.260. The van der Waals surface area contributed by atoms with Gasteiger partial charge in [0.2, 0.25) is 0 Å². The molecular weight excluding hydrogens is 274 g/mol. The second-order valence-electron chi connectivity index (χ2n) is 2.28. The second-order valence-corrected chi connectivity index (χ2v) is 3.05. The van der Waals surface area contributed by atoms with Crippen molar-refractivity contribution >= 4 is 11.4 Å². The molecule has 0 spiro atoms. The van der Waals surface area contributed by atoms with Gasteiger partial charge in [-0.05, 0) is 0 Å². The van der Waals surface area contributed by atoms with Crippen molar-refractivity contribution in [1.29, 1.82) is 0 Å². The summed E-state index contributed by atoms with van der Waals surface area (Å²) < 4.78 is 20.6. The third-order valence-corrected chi connectivity index (χ3v) is 1.29. The van der Waals surface area contributed by atoms with Gasteiger partial charge in [0.25, 0.3) is 0 Å². The minimum absolute atomic E-state index is 0.0108. The number of aliphatic hydroxyl groups excluding tert-OH is 3. The normalized spacial score (nSPS) is 12.1. The molecule has 4 N–H and O–H groups in total. The highest BCUT2D eigenvalue weighted by molar-refractivity contribution is 7.74. The maximum absolute atomic E-state index is 9.26. The molecule has 0 aromatic carbocycles. The molecular formula is C7H19NO9S. The van der Waals surface area contributed by atoms with Crippen LogP contribution < -0.4 is 0 Å². The van der Waals surface area contributed by atoms with Crippen molar-refractivity contribution in [1.82, 2.24) is 5.39 Å². The predicted molar refractivity (Wildman–Crippen MR) is 58.7 cm³/mol. The SMILES string of the molecule is COS(=O)O.OCCON(OCCO)OCCO. The summed E-state index contributed by atoms with van der Waals surface area (Å²) in [5.41, 5.74) is 0. The van der Waals surface area contributed by atoms with Crippen molar-refractivity contribution in [2.45, 2.75) is 0 Å². The summed E-state index contributed by atoms with van der Waals surface area (Å²) in [6.07, 6.45) is 0. The van der Waals surface area contributed by atoms with Gasteiger partial charge in [0, 0.05) is 0 Å². The van der Waals surface area contributed by atoms with Crippen LogP contribution in [0, 0.1) is 0 Å². The zero-order valence-corrected chi connectivity index (χ0v) is 10.7. The highest BCUT2D eigenvalue weighted by Gasteiger charge is 2.05. The molecule has 1 unspecified atom stereocenters. The largest absolute Gasteiger partial charge is 0.394 e. The van der Waals surface area contributed by atoms with Crippen molar-refractivity contribution in [3.63, 3.8) is 0 Å². The third-order valence-electron chi connectivity index (χ3n) is 1.01. The Bertz CT molecular complexity index is 165. The molecule has 11 heteroatoms. The smallest absolute Gasteiger partial charge is 0.301 e. The van der Waals surface area contributed by atoms with E-state index in [0.29, 0.717) is 5.39 Å². The van der Waals surface area contributed by atoms with E-state index in [1.807, 2.05) is 0 Å². The van der Waals surface area contributed by atoms with Gasteiger partial charge in [0.05, 0.1) is 52.1 Å². The molecule has 0 aliphatic rings. The van der Waals surface area contributed by atoms with Crippen LogP contribution in [0.1, 0.15) is 0 Å². The van der Waals surface area contributed by atoms with E-state index in [-0.39, 0.29) is 39.6 Å². The third kappa shape index (κ3) is 18.2. The molecule has 0 saturated carbocycles. The Labute approximate surface area is 107 Å². The van der Waals surface area contributed by atoms with E-state index in [9.17, 15) is 4.21 Å². The number of aliphatic hydroxyl groups is 3. The molecule has 0 fully saturated rings. The molecule has 0 bridgehead atoms. The fourth-order valence-electron chi connectivity index (χ4n) is 0.458. The highest BCUT2D eigenvalue weighted by Crippen LogP contribution is 1.93. The highest BCUT2D eigenvalue weighted by atomic mass is 32.2. The van der Waals surface area contributed by atoms with Crippen LogP contribution in [0.5, 0.6) is 0 Å². The Morgan fingerprint density at radius 3 is 1.39 bits per heavy atom. The van der Waals surface area contributed by atoms with Crippen LogP contribution >= 0.6 is 0 Å². The van der Waals surface area contributed by atoms with Crippen molar-refractivity contribution in [2.24, 2.45) is 0 Å². The Kier molecular flexibility index (Phi) is 18.8. The van der Waals surface area contributed by atoms with Crippen molar-refractivity contribution < 1.29 is 42.8 Å². The molecule has 1 atom stereocenters. The second kappa shape index (κ2) is 16.8. The first kappa shape index (κ1) is 20.1. The zero-order valence-electron chi connectivity index (χ0n) is 9.93. The van der Waals surface area contributed by atoms with Crippen molar-refractivity contribution in [3.05, 3.63) is 0 Å². The number of hydrogen-bond acceptors (Lipinski definition) is 9. The first-order valence-electron chi connectivity index (χ1n) is 4.79. The Balaban J connectivity index is 0.